The van der Waals surface area contributed by atoms with Crippen LogP contribution in [0.3, 0.4) is 0 Å². The topological polar surface area (TPSA) is 46.9 Å². The Balaban J connectivity index is 1.69. The van der Waals surface area contributed by atoms with Crippen molar-refractivity contribution in [3.63, 3.8) is 0 Å². The van der Waals surface area contributed by atoms with Gasteiger partial charge in [0.05, 0.1) is 6.20 Å². The van der Waals surface area contributed by atoms with Gasteiger partial charge in [-0.05, 0) is 38.2 Å². The van der Waals surface area contributed by atoms with E-state index in [-0.39, 0.29) is 5.91 Å². The molecule has 0 saturated heterocycles. The molecule has 0 saturated carbocycles. The Bertz CT molecular complexity index is 485. The van der Waals surface area contributed by atoms with E-state index < -0.39 is 0 Å². The van der Waals surface area contributed by atoms with Gasteiger partial charge in [0.1, 0.15) is 0 Å². The number of aromatic nitrogens is 2. The van der Waals surface area contributed by atoms with E-state index in [0.29, 0.717) is 0 Å². The van der Waals surface area contributed by atoms with Crippen LogP contribution in [0.1, 0.15) is 37.7 Å². The molecule has 4 nitrogen and oxygen atoms in total. The quantitative estimate of drug-likeness (QED) is 0.652. The predicted molar refractivity (Wildman–Crippen MR) is 76.4 cm³/mol. The summed E-state index contributed by atoms with van der Waals surface area (Å²) in [5, 5.41) is 6.96. The number of allylic oxidation sites excluding steroid dienone is 1. The van der Waals surface area contributed by atoms with Gasteiger partial charge in [-0.2, -0.15) is 5.10 Å². The van der Waals surface area contributed by atoms with Gasteiger partial charge in [0, 0.05) is 31.4 Å². The van der Waals surface area contributed by atoms with E-state index in [1.54, 1.807) is 23.0 Å². The van der Waals surface area contributed by atoms with Crippen molar-refractivity contribution in [2.24, 2.45) is 7.05 Å². The second-order valence-electron chi connectivity index (χ2n) is 4.93. The predicted octanol–water partition coefficient (Wildman–Crippen LogP) is 2.44. The second-order valence-corrected chi connectivity index (χ2v) is 4.93. The molecule has 102 valence electrons. The molecule has 0 aromatic carbocycles. The molecule has 1 aromatic rings. The van der Waals surface area contributed by atoms with E-state index in [2.05, 4.69) is 16.5 Å². The minimum absolute atomic E-state index is 0.0414. The third-order valence-electron chi connectivity index (χ3n) is 3.28. The highest BCUT2D eigenvalue weighted by atomic mass is 16.1. The van der Waals surface area contributed by atoms with E-state index >= 15 is 0 Å². The van der Waals surface area contributed by atoms with E-state index in [1.165, 1.54) is 31.3 Å². The molecular formula is C15H21N3O. The van der Waals surface area contributed by atoms with Crippen molar-refractivity contribution >= 4 is 12.0 Å². The standard InChI is InChI=1S/C15H21N3O/c1-18-12-14(11-17-18)7-8-15(19)16-10-9-13-5-3-2-4-6-13/h5,7-8,11-12H,2-4,6,9-10H2,1H3,(H,16,19). The first-order valence-electron chi connectivity index (χ1n) is 6.86. The number of nitrogens with one attached hydrogen (secondary N) is 1. The van der Waals surface area contributed by atoms with Crippen LogP contribution in [-0.2, 0) is 11.8 Å². The molecule has 19 heavy (non-hydrogen) atoms. The molecule has 1 aliphatic rings. The molecule has 2 rings (SSSR count). The zero-order valence-electron chi connectivity index (χ0n) is 11.4. The van der Waals surface area contributed by atoms with Crippen LogP contribution in [-0.4, -0.2) is 22.2 Å². The lowest BCUT2D eigenvalue weighted by Crippen LogP contribution is -2.22. The highest BCUT2D eigenvalue weighted by molar-refractivity contribution is 5.91. The van der Waals surface area contributed by atoms with E-state index in [4.69, 9.17) is 0 Å². The van der Waals surface area contributed by atoms with Gasteiger partial charge in [0.25, 0.3) is 0 Å². The van der Waals surface area contributed by atoms with Gasteiger partial charge < -0.3 is 5.32 Å². The molecule has 0 unspecified atom stereocenters. The fraction of sp³-hybridized carbons (Fsp3) is 0.467. The SMILES string of the molecule is Cn1cc(C=CC(=O)NCCC2=CCCCC2)cn1. The fourth-order valence-electron chi connectivity index (χ4n) is 2.24. The first-order chi connectivity index (χ1) is 9.24. The number of hydrogen-bond donors (Lipinski definition) is 1. The average molecular weight is 259 g/mol. The van der Waals surface area contributed by atoms with Crippen molar-refractivity contribution in [1.82, 2.24) is 15.1 Å². The fourth-order valence-corrected chi connectivity index (χ4v) is 2.24. The molecule has 0 spiro atoms. The Morgan fingerprint density at radius 1 is 1.53 bits per heavy atom. The van der Waals surface area contributed by atoms with Gasteiger partial charge in [0.15, 0.2) is 0 Å². The molecule has 1 aromatic heterocycles. The van der Waals surface area contributed by atoms with Gasteiger partial charge in [-0.25, -0.2) is 0 Å². The number of amides is 1. The smallest absolute Gasteiger partial charge is 0.244 e. The van der Waals surface area contributed by atoms with Crippen molar-refractivity contribution < 1.29 is 4.79 Å². The summed E-state index contributed by atoms with van der Waals surface area (Å²) >= 11 is 0. The van der Waals surface area contributed by atoms with E-state index in [1.807, 2.05) is 13.2 Å². The van der Waals surface area contributed by atoms with Gasteiger partial charge in [-0.1, -0.05) is 11.6 Å². The van der Waals surface area contributed by atoms with Crippen molar-refractivity contribution in [2.75, 3.05) is 6.54 Å². The van der Waals surface area contributed by atoms with E-state index in [0.717, 1.165) is 18.5 Å². The molecule has 0 radical (unpaired) electrons. The van der Waals surface area contributed by atoms with Gasteiger partial charge in [-0.3, -0.25) is 9.48 Å². The third-order valence-corrected chi connectivity index (χ3v) is 3.28. The van der Waals surface area contributed by atoms with Crippen LogP contribution in [0.25, 0.3) is 6.08 Å². The number of nitrogens with zero attached hydrogens (tertiary/aromatic N) is 2. The molecular weight excluding hydrogens is 238 g/mol. The average Bonchev–Trinajstić information content (AvgIpc) is 2.83. The molecule has 1 amide bonds. The number of carbonyl (C=O) groups excluding carboxylic acids is 1. The minimum atomic E-state index is -0.0414. The monoisotopic (exact) mass is 259 g/mol. The Morgan fingerprint density at radius 3 is 3.11 bits per heavy atom. The summed E-state index contributed by atoms with van der Waals surface area (Å²) in [5.74, 6) is -0.0414. The number of hydrogen-bond acceptors (Lipinski definition) is 2. The number of rotatable bonds is 5. The summed E-state index contributed by atoms with van der Waals surface area (Å²) in [6.45, 7) is 0.724. The largest absolute Gasteiger partial charge is 0.352 e. The maximum Gasteiger partial charge on any atom is 0.244 e. The molecule has 1 aliphatic carbocycles. The first-order valence-corrected chi connectivity index (χ1v) is 6.86. The second kappa shape index (κ2) is 6.92. The maximum absolute atomic E-state index is 11.6. The van der Waals surface area contributed by atoms with Crippen LogP contribution in [0.15, 0.2) is 30.1 Å². The normalized spacial score (nSPS) is 15.5. The van der Waals surface area contributed by atoms with Crippen LogP contribution < -0.4 is 5.32 Å². The lowest BCUT2D eigenvalue weighted by Gasteiger charge is -2.12. The summed E-state index contributed by atoms with van der Waals surface area (Å²) in [5.41, 5.74) is 2.43. The van der Waals surface area contributed by atoms with Gasteiger partial charge in [-0.15, -0.1) is 0 Å². The van der Waals surface area contributed by atoms with Crippen molar-refractivity contribution in [1.29, 1.82) is 0 Å². The van der Waals surface area contributed by atoms with Crippen LogP contribution >= 0.6 is 0 Å². The van der Waals surface area contributed by atoms with Crippen LogP contribution in [0, 0.1) is 0 Å². The molecule has 4 heteroatoms. The molecule has 0 atom stereocenters. The number of carbonyl (C=O) groups is 1. The minimum Gasteiger partial charge on any atom is -0.352 e. The molecule has 0 bridgehead atoms. The van der Waals surface area contributed by atoms with Crippen molar-refractivity contribution in [2.45, 2.75) is 32.1 Å². The summed E-state index contributed by atoms with van der Waals surface area (Å²) in [4.78, 5) is 11.6. The summed E-state index contributed by atoms with van der Waals surface area (Å²) < 4.78 is 1.72. The number of aryl methyl sites for hydroxylation is 1. The van der Waals surface area contributed by atoms with Crippen molar-refractivity contribution in [3.05, 3.63) is 35.7 Å². The first kappa shape index (κ1) is 13.6. The van der Waals surface area contributed by atoms with Crippen LogP contribution in [0.4, 0.5) is 0 Å². The lowest BCUT2D eigenvalue weighted by atomic mass is 9.97. The lowest BCUT2D eigenvalue weighted by molar-refractivity contribution is -0.116. The third kappa shape index (κ3) is 4.73. The van der Waals surface area contributed by atoms with E-state index in [9.17, 15) is 4.79 Å². The van der Waals surface area contributed by atoms with Crippen LogP contribution in [0.2, 0.25) is 0 Å². The maximum atomic E-state index is 11.6. The van der Waals surface area contributed by atoms with Gasteiger partial charge >= 0.3 is 0 Å². The molecule has 0 aliphatic heterocycles. The summed E-state index contributed by atoms with van der Waals surface area (Å²) in [6, 6.07) is 0. The Labute approximate surface area is 114 Å². The Kier molecular flexibility index (Phi) is 4.95. The molecule has 1 heterocycles. The van der Waals surface area contributed by atoms with Crippen molar-refractivity contribution in [3.8, 4) is 0 Å². The van der Waals surface area contributed by atoms with Crippen LogP contribution in [0.5, 0.6) is 0 Å². The van der Waals surface area contributed by atoms with Gasteiger partial charge in [0.2, 0.25) is 5.91 Å². The Hall–Kier alpha value is -1.84. The molecule has 0 fully saturated rings. The zero-order chi connectivity index (χ0) is 13.5. The Morgan fingerprint density at radius 2 is 2.42 bits per heavy atom. The summed E-state index contributed by atoms with van der Waals surface area (Å²) in [7, 11) is 1.86. The summed E-state index contributed by atoms with van der Waals surface area (Å²) in [6.07, 6.45) is 15.2. The molecule has 1 N–H and O–H groups in total. The highest BCUT2D eigenvalue weighted by Gasteiger charge is 2.03. The highest BCUT2D eigenvalue weighted by Crippen LogP contribution is 2.19. The zero-order valence-corrected chi connectivity index (χ0v) is 11.4.